The highest BCUT2D eigenvalue weighted by Crippen LogP contribution is 2.22. The number of hydrogen-bond donors (Lipinski definition) is 2. The number of aryl methyl sites for hydroxylation is 1. The summed E-state index contributed by atoms with van der Waals surface area (Å²) < 4.78 is 0. The summed E-state index contributed by atoms with van der Waals surface area (Å²) in [5.41, 5.74) is 6.34. The van der Waals surface area contributed by atoms with Gasteiger partial charge in [-0.1, -0.05) is 47.5 Å². The largest absolute Gasteiger partial charge is 0.376 e. The van der Waals surface area contributed by atoms with Crippen molar-refractivity contribution in [3.63, 3.8) is 0 Å². The first-order chi connectivity index (χ1) is 10.6. The Hall–Kier alpha value is -2.33. The summed E-state index contributed by atoms with van der Waals surface area (Å²) >= 11 is 6.03. The van der Waals surface area contributed by atoms with Crippen LogP contribution in [0.3, 0.4) is 0 Å². The minimum absolute atomic E-state index is 0.131. The van der Waals surface area contributed by atoms with Gasteiger partial charge in [0.1, 0.15) is 0 Å². The van der Waals surface area contributed by atoms with E-state index in [1.807, 2.05) is 56.3 Å². The van der Waals surface area contributed by atoms with Gasteiger partial charge in [0.2, 0.25) is 0 Å². The number of hydrazone groups is 1. The standard InChI is InChI=1S/C17H18ClN3O/c1-12-5-3-6-14(9-12)10-20-21-17(22)11-19-16-8-4-7-15(18)13(16)2/h3-10,19H,11H2,1-2H3,(H,21,22)/b20-10+. The number of carbonyl (C=O) groups is 1. The van der Waals surface area contributed by atoms with Gasteiger partial charge in [0.15, 0.2) is 0 Å². The fraction of sp³-hybridized carbons (Fsp3) is 0.176. The van der Waals surface area contributed by atoms with Crippen LogP contribution in [0.1, 0.15) is 16.7 Å². The molecular weight excluding hydrogens is 298 g/mol. The molecule has 0 spiro atoms. The molecule has 0 unspecified atom stereocenters. The van der Waals surface area contributed by atoms with Crippen molar-refractivity contribution in [1.29, 1.82) is 0 Å². The lowest BCUT2D eigenvalue weighted by atomic mass is 10.2. The Labute approximate surface area is 135 Å². The van der Waals surface area contributed by atoms with Gasteiger partial charge in [-0.3, -0.25) is 4.79 Å². The maximum Gasteiger partial charge on any atom is 0.259 e. The molecule has 2 aromatic carbocycles. The Bertz CT molecular complexity index is 698. The molecule has 2 rings (SSSR count). The summed E-state index contributed by atoms with van der Waals surface area (Å²) in [6.07, 6.45) is 1.62. The van der Waals surface area contributed by atoms with Gasteiger partial charge < -0.3 is 5.32 Å². The van der Waals surface area contributed by atoms with E-state index in [2.05, 4.69) is 15.8 Å². The van der Waals surface area contributed by atoms with E-state index >= 15 is 0 Å². The smallest absolute Gasteiger partial charge is 0.259 e. The number of nitrogens with zero attached hydrogens (tertiary/aromatic N) is 1. The predicted octanol–water partition coefficient (Wildman–Crippen LogP) is 3.52. The van der Waals surface area contributed by atoms with E-state index in [0.717, 1.165) is 22.4 Å². The molecular formula is C17H18ClN3O. The number of hydrogen-bond acceptors (Lipinski definition) is 3. The molecule has 0 bridgehead atoms. The average molecular weight is 316 g/mol. The molecule has 114 valence electrons. The van der Waals surface area contributed by atoms with Gasteiger partial charge in [0.05, 0.1) is 12.8 Å². The van der Waals surface area contributed by atoms with E-state index in [9.17, 15) is 4.79 Å². The first-order valence-corrected chi connectivity index (χ1v) is 7.31. The van der Waals surface area contributed by atoms with Crippen molar-refractivity contribution in [2.75, 3.05) is 11.9 Å². The van der Waals surface area contributed by atoms with Crippen LogP contribution in [0, 0.1) is 13.8 Å². The van der Waals surface area contributed by atoms with Crippen LogP contribution in [0.2, 0.25) is 5.02 Å². The van der Waals surface area contributed by atoms with E-state index in [-0.39, 0.29) is 12.5 Å². The molecule has 2 aromatic rings. The Kier molecular flexibility index (Phi) is 5.55. The average Bonchev–Trinajstić information content (AvgIpc) is 2.49. The number of rotatable bonds is 5. The maximum atomic E-state index is 11.7. The fourth-order valence-corrected chi connectivity index (χ4v) is 2.12. The molecule has 0 radical (unpaired) electrons. The normalized spacial score (nSPS) is 10.7. The summed E-state index contributed by atoms with van der Waals surface area (Å²) in [5, 5.41) is 7.65. The van der Waals surface area contributed by atoms with Crippen LogP contribution >= 0.6 is 11.6 Å². The number of anilines is 1. The minimum Gasteiger partial charge on any atom is -0.376 e. The van der Waals surface area contributed by atoms with Gasteiger partial charge in [-0.25, -0.2) is 5.43 Å². The summed E-state index contributed by atoms with van der Waals surface area (Å²) in [4.78, 5) is 11.7. The first kappa shape index (κ1) is 16.0. The van der Waals surface area contributed by atoms with E-state index in [4.69, 9.17) is 11.6 Å². The quantitative estimate of drug-likeness (QED) is 0.655. The lowest BCUT2D eigenvalue weighted by Gasteiger charge is -2.09. The van der Waals surface area contributed by atoms with Crippen LogP contribution in [0.5, 0.6) is 0 Å². The highest BCUT2D eigenvalue weighted by Gasteiger charge is 2.04. The van der Waals surface area contributed by atoms with Crippen molar-refractivity contribution in [3.8, 4) is 0 Å². The first-order valence-electron chi connectivity index (χ1n) is 6.94. The Morgan fingerprint density at radius 3 is 2.77 bits per heavy atom. The molecule has 4 nitrogen and oxygen atoms in total. The van der Waals surface area contributed by atoms with Gasteiger partial charge in [0, 0.05) is 10.7 Å². The third-order valence-corrected chi connectivity index (χ3v) is 3.56. The van der Waals surface area contributed by atoms with Crippen molar-refractivity contribution < 1.29 is 4.79 Å². The molecule has 1 amide bonds. The molecule has 0 aliphatic heterocycles. The van der Waals surface area contributed by atoms with Crippen LogP contribution in [0.4, 0.5) is 5.69 Å². The molecule has 0 aliphatic rings. The topological polar surface area (TPSA) is 53.5 Å². The molecule has 0 saturated carbocycles. The highest BCUT2D eigenvalue weighted by atomic mass is 35.5. The van der Waals surface area contributed by atoms with Crippen LogP contribution in [-0.4, -0.2) is 18.7 Å². The summed E-state index contributed by atoms with van der Waals surface area (Å²) in [5.74, 6) is -0.219. The minimum atomic E-state index is -0.219. The molecule has 0 atom stereocenters. The maximum absolute atomic E-state index is 11.7. The third kappa shape index (κ3) is 4.60. The second-order valence-corrected chi connectivity index (χ2v) is 5.38. The van der Waals surface area contributed by atoms with Crippen molar-refractivity contribution in [3.05, 3.63) is 64.2 Å². The van der Waals surface area contributed by atoms with Crippen molar-refractivity contribution in [1.82, 2.24) is 5.43 Å². The Balaban J connectivity index is 1.84. The van der Waals surface area contributed by atoms with Gasteiger partial charge in [-0.15, -0.1) is 0 Å². The molecule has 22 heavy (non-hydrogen) atoms. The molecule has 0 heterocycles. The van der Waals surface area contributed by atoms with Crippen molar-refractivity contribution >= 4 is 29.4 Å². The van der Waals surface area contributed by atoms with Gasteiger partial charge >= 0.3 is 0 Å². The van der Waals surface area contributed by atoms with E-state index < -0.39 is 0 Å². The summed E-state index contributed by atoms with van der Waals surface area (Å²) in [7, 11) is 0. The SMILES string of the molecule is Cc1cccc(/C=N/NC(=O)CNc2cccc(Cl)c2C)c1. The van der Waals surface area contributed by atoms with E-state index in [1.54, 1.807) is 6.21 Å². The second kappa shape index (κ2) is 7.61. The van der Waals surface area contributed by atoms with E-state index in [0.29, 0.717) is 5.02 Å². The van der Waals surface area contributed by atoms with Gasteiger partial charge in [-0.2, -0.15) is 5.10 Å². The monoisotopic (exact) mass is 315 g/mol. The van der Waals surface area contributed by atoms with E-state index in [1.165, 1.54) is 0 Å². The summed E-state index contributed by atoms with van der Waals surface area (Å²) in [6.45, 7) is 4.04. The molecule has 0 fully saturated rings. The second-order valence-electron chi connectivity index (χ2n) is 4.97. The third-order valence-electron chi connectivity index (χ3n) is 3.15. The van der Waals surface area contributed by atoms with Gasteiger partial charge in [0.25, 0.3) is 5.91 Å². The fourth-order valence-electron chi connectivity index (χ4n) is 1.94. The Morgan fingerprint density at radius 1 is 1.23 bits per heavy atom. The number of amides is 1. The lowest BCUT2D eigenvalue weighted by Crippen LogP contribution is -2.26. The Morgan fingerprint density at radius 2 is 2.00 bits per heavy atom. The number of benzene rings is 2. The van der Waals surface area contributed by atoms with Crippen molar-refractivity contribution in [2.45, 2.75) is 13.8 Å². The lowest BCUT2D eigenvalue weighted by molar-refractivity contribution is -0.119. The molecule has 0 saturated heterocycles. The highest BCUT2D eigenvalue weighted by molar-refractivity contribution is 6.31. The zero-order chi connectivity index (χ0) is 15.9. The van der Waals surface area contributed by atoms with Crippen LogP contribution in [0.15, 0.2) is 47.6 Å². The number of carbonyl (C=O) groups excluding carboxylic acids is 1. The molecule has 0 aliphatic carbocycles. The molecule has 0 aromatic heterocycles. The van der Waals surface area contributed by atoms with Crippen LogP contribution < -0.4 is 10.7 Å². The predicted molar refractivity (Wildman–Crippen MR) is 91.6 cm³/mol. The van der Waals surface area contributed by atoms with Gasteiger partial charge in [-0.05, 0) is 37.1 Å². The molecule has 5 heteroatoms. The summed E-state index contributed by atoms with van der Waals surface area (Å²) in [6, 6.07) is 13.4. The van der Waals surface area contributed by atoms with Crippen LogP contribution in [-0.2, 0) is 4.79 Å². The number of nitrogens with one attached hydrogen (secondary N) is 2. The van der Waals surface area contributed by atoms with Crippen LogP contribution in [0.25, 0.3) is 0 Å². The molecule has 2 N–H and O–H groups in total. The zero-order valence-electron chi connectivity index (χ0n) is 12.6. The van der Waals surface area contributed by atoms with Crippen molar-refractivity contribution in [2.24, 2.45) is 5.10 Å². The zero-order valence-corrected chi connectivity index (χ0v) is 13.3. The number of halogens is 1.